The van der Waals surface area contributed by atoms with Gasteiger partial charge in [-0.25, -0.2) is 4.98 Å². The van der Waals surface area contributed by atoms with Crippen LogP contribution in [0.4, 0.5) is 4.79 Å². The Hall–Kier alpha value is -2.14. The van der Waals surface area contributed by atoms with Gasteiger partial charge >= 0.3 is 5.37 Å². The number of carbonyl (C=O) groups is 1. The molecule has 1 spiro atoms. The largest absolute Gasteiger partial charge is 0.329 e. The lowest BCUT2D eigenvalue weighted by atomic mass is 9.69. The molecule has 4 rings (SSSR count). The van der Waals surface area contributed by atoms with Crippen molar-refractivity contribution < 1.29 is 4.79 Å². The fraction of sp³-hybridized carbons (Fsp3) is 0.476. The normalized spacial score (nSPS) is 21.5. The van der Waals surface area contributed by atoms with Gasteiger partial charge < -0.3 is 4.90 Å². The van der Waals surface area contributed by atoms with Crippen LogP contribution < -0.4 is 5.56 Å². The van der Waals surface area contributed by atoms with Crippen molar-refractivity contribution >= 4 is 17.0 Å². The molecule has 1 aliphatic heterocycles. The maximum absolute atomic E-state index is 12.7. The molecule has 0 N–H and O–H groups in total. The SMILES string of the molecule is O=C(Cl)N1CC[C@@H](Cn2cnc(-c3ccccc3)cc2=O)C2(CCCC2)C1. The van der Waals surface area contributed by atoms with Crippen molar-refractivity contribution in [2.75, 3.05) is 13.1 Å². The summed E-state index contributed by atoms with van der Waals surface area (Å²) in [6.07, 6.45) is 7.12. The monoisotopic (exact) mass is 385 g/mol. The van der Waals surface area contributed by atoms with Crippen LogP contribution in [0.15, 0.2) is 47.5 Å². The number of hydrogen-bond donors (Lipinski definition) is 0. The number of likely N-dealkylation sites (tertiary alicyclic amines) is 1. The minimum Gasteiger partial charge on any atom is -0.329 e. The molecular formula is C21H24ClN3O2. The Morgan fingerprint density at radius 2 is 1.96 bits per heavy atom. The number of benzene rings is 1. The number of rotatable bonds is 3. The summed E-state index contributed by atoms with van der Waals surface area (Å²) in [4.78, 5) is 30.6. The van der Waals surface area contributed by atoms with Crippen LogP contribution in [0, 0.1) is 11.3 Å². The lowest BCUT2D eigenvalue weighted by molar-refractivity contribution is 0.0448. The first-order valence-corrected chi connectivity index (χ1v) is 10.0. The topological polar surface area (TPSA) is 55.2 Å². The Morgan fingerprint density at radius 1 is 1.22 bits per heavy atom. The molecule has 1 aromatic heterocycles. The Labute approximate surface area is 164 Å². The van der Waals surface area contributed by atoms with E-state index < -0.39 is 0 Å². The molecule has 1 aromatic carbocycles. The summed E-state index contributed by atoms with van der Waals surface area (Å²) < 4.78 is 1.73. The smallest absolute Gasteiger partial charge is 0.316 e. The van der Waals surface area contributed by atoms with Crippen LogP contribution >= 0.6 is 11.6 Å². The van der Waals surface area contributed by atoms with Gasteiger partial charge in [-0.05, 0) is 42.2 Å². The molecule has 2 heterocycles. The maximum Gasteiger partial charge on any atom is 0.316 e. The van der Waals surface area contributed by atoms with E-state index in [-0.39, 0.29) is 16.3 Å². The molecule has 142 valence electrons. The van der Waals surface area contributed by atoms with Crippen molar-refractivity contribution in [2.24, 2.45) is 11.3 Å². The van der Waals surface area contributed by atoms with Crippen molar-refractivity contribution in [3.05, 3.63) is 53.1 Å². The van der Waals surface area contributed by atoms with Gasteiger partial charge in [-0.15, -0.1) is 0 Å². The molecular weight excluding hydrogens is 362 g/mol. The van der Waals surface area contributed by atoms with Crippen molar-refractivity contribution in [3.8, 4) is 11.3 Å². The number of halogens is 1. The molecule has 27 heavy (non-hydrogen) atoms. The van der Waals surface area contributed by atoms with Gasteiger partial charge in [0.15, 0.2) is 0 Å². The van der Waals surface area contributed by atoms with Crippen molar-refractivity contribution in [1.82, 2.24) is 14.5 Å². The molecule has 2 aliphatic rings. The molecule has 0 unspecified atom stereocenters. The van der Waals surface area contributed by atoms with E-state index in [1.165, 1.54) is 12.8 Å². The van der Waals surface area contributed by atoms with E-state index in [1.54, 1.807) is 21.9 Å². The highest BCUT2D eigenvalue weighted by Crippen LogP contribution is 2.49. The Bertz CT molecular complexity index is 874. The van der Waals surface area contributed by atoms with Crippen LogP contribution in [-0.2, 0) is 6.54 Å². The van der Waals surface area contributed by atoms with Gasteiger partial charge in [-0.3, -0.25) is 14.2 Å². The van der Waals surface area contributed by atoms with Crippen LogP contribution in [0.3, 0.4) is 0 Å². The standard InChI is InChI=1S/C21H24ClN3O2/c22-20(27)24-11-8-17(21(14-24)9-4-5-10-21)13-25-15-23-18(12-19(25)26)16-6-2-1-3-7-16/h1-3,6-7,12,15,17H,4-5,8-11,13-14H2/t17-/m0/s1. The molecule has 1 atom stereocenters. The number of nitrogens with zero attached hydrogens (tertiary/aromatic N) is 3. The Morgan fingerprint density at radius 3 is 2.63 bits per heavy atom. The van der Waals surface area contributed by atoms with E-state index in [0.29, 0.717) is 31.2 Å². The number of aromatic nitrogens is 2. The zero-order chi connectivity index (χ0) is 18.9. The maximum atomic E-state index is 12.7. The van der Waals surface area contributed by atoms with E-state index in [4.69, 9.17) is 11.6 Å². The van der Waals surface area contributed by atoms with Crippen LogP contribution in [0.1, 0.15) is 32.1 Å². The predicted octanol–water partition coefficient (Wildman–Crippen LogP) is 4.15. The third-order valence-corrected chi connectivity index (χ3v) is 6.57. The summed E-state index contributed by atoms with van der Waals surface area (Å²) in [6.45, 7) is 2.04. The first kappa shape index (κ1) is 18.2. The first-order chi connectivity index (χ1) is 13.1. The molecule has 2 fully saturated rings. The summed E-state index contributed by atoms with van der Waals surface area (Å²) in [7, 11) is 0. The van der Waals surface area contributed by atoms with Gasteiger partial charge in [0.25, 0.3) is 5.56 Å². The van der Waals surface area contributed by atoms with Crippen molar-refractivity contribution in [1.29, 1.82) is 0 Å². The highest BCUT2D eigenvalue weighted by Gasteiger charge is 2.46. The molecule has 0 radical (unpaired) electrons. The Kier molecular flexibility index (Phi) is 5.04. The summed E-state index contributed by atoms with van der Waals surface area (Å²) in [5.74, 6) is 0.370. The van der Waals surface area contributed by atoms with Crippen LogP contribution in [0.5, 0.6) is 0 Å². The first-order valence-electron chi connectivity index (χ1n) is 9.64. The third-order valence-electron chi connectivity index (χ3n) is 6.33. The Balaban J connectivity index is 1.56. The molecule has 1 saturated carbocycles. The second-order valence-corrected chi connectivity index (χ2v) is 8.18. The lowest BCUT2D eigenvalue weighted by Gasteiger charge is -2.46. The van der Waals surface area contributed by atoms with Gasteiger partial charge in [0.1, 0.15) is 0 Å². The number of piperidine rings is 1. The lowest BCUT2D eigenvalue weighted by Crippen LogP contribution is -2.50. The van der Waals surface area contributed by atoms with Gasteiger partial charge in [0.2, 0.25) is 0 Å². The molecule has 6 heteroatoms. The average Bonchev–Trinajstić information content (AvgIpc) is 3.14. The summed E-state index contributed by atoms with van der Waals surface area (Å²) in [5, 5.41) is -0.356. The van der Waals surface area contributed by atoms with Crippen molar-refractivity contribution in [3.63, 3.8) is 0 Å². The van der Waals surface area contributed by atoms with E-state index in [1.807, 2.05) is 30.3 Å². The number of hydrogen-bond acceptors (Lipinski definition) is 3. The van der Waals surface area contributed by atoms with Gasteiger partial charge in [-0.1, -0.05) is 43.2 Å². The molecule has 5 nitrogen and oxygen atoms in total. The molecule has 1 amide bonds. The fourth-order valence-corrected chi connectivity index (χ4v) is 5.00. The number of carbonyl (C=O) groups excluding carboxylic acids is 1. The molecule has 1 saturated heterocycles. The zero-order valence-electron chi connectivity index (χ0n) is 15.3. The van der Waals surface area contributed by atoms with Crippen LogP contribution in [-0.4, -0.2) is 32.9 Å². The predicted molar refractivity (Wildman–Crippen MR) is 106 cm³/mol. The summed E-state index contributed by atoms with van der Waals surface area (Å²) in [5.41, 5.74) is 1.71. The van der Waals surface area contributed by atoms with E-state index in [2.05, 4.69) is 4.98 Å². The number of amides is 1. The fourth-order valence-electron chi connectivity index (χ4n) is 4.85. The second kappa shape index (κ2) is 7.47. The average molecular weight is 386 g/mol. The highest BCUT2D eigenvalue weighted by molar-refractivity contribution is 6.62. The molecule has 0 bridgehead atoms. The quantitative estimate of drug-likeness (QED) is 0.589. The summed E-state index contributed by atoms with van der Waals surface area (Å²) in [6, 6.07) is 11.4. The van der Waals surface area contributed by atoms with Gasteiger partial charge in [-0.2, -0.15) is 0 Å². The molecule has 1 aliphatic carbocycles. The second-order valence-electron chi connectivity index (χ2n) is 7.86. The van der Waals surface area contributed by atoms with Crippen LogP contribution in [0.2, 0.25) is 0 Å². The summed E-state index contributed by atoms with van der Waals surface area (Å²) >= 11 is 5.75. The third kappa shape index (κ3) is 3.65. The van der Waals surface area contributed by atoms with E-state index >= 15 is 0 Å². The molecule has 2 aromatic rings. The zero-order valence-corrected chi connectivity index (χ0v) is 16.1. The van der Waals surface area contributed by atoms with E-state index in [0.717, 1.165) is 24.8 Å². The van der Waals surface area contributed by atoms with E-state index in [9.17, 15) is 9.59 Å². The van der Waals surface area contributed by atoms with Crippen molar-refractivity contribution in [2.45, 2.75) is 38.6 Å². The minimum absolute atomic E-state index is 0.0205. The van der Waals surface area contributed by atoms with Gasteiger partial charge in [0.05, 0.1) is 12.0 Å². The highest BCUT2D eigenvalue weighted by atomic mass is 35.5. The minimum atomic E-state index is -0.356. The van der Waals surface area contributed by atoms with Gasteiger partial charge in [0, 0.05) is 31.3 Å². The van der Waals surface area contributed by atoms with Crippen LogP contribution in [0.25, 0.3) is 11.3 Å².